The largest absolute Gasteiger partial charge is 0.481 e. The number of thioether (sulfide) groups is 2. The number of carbonyl (C=O) groups excluding carboxylic acids is 1. The predicted octanol–water partition coefficient (Wildman–Crippen LogP) is 3.75. The number of halogens is 3. The fourth-order valence-corrected chi connectivity index (χ4v) is 6.85. The van der Waals surface area contributed by atoms with Crippen molar-refractivity contribution in [2.45, 2.75) is 42.3 Å². The number of ether oxygens (including phenoxy) is 2. The van der Waals surface area contributed by atoms with E-state index < -0.39 is 71.2 Å². The Balaban J connectivity index is 1.67. The zero-order valence-corrected chi connectivity index (χ0v) is 27.5. The van der Waals surface area contributed by atoms with Crippen molar-refractivity contribution in [3.8, 4) is 0 Å². The summed E-state index contributed by atoms with van der Waals surface area (Å²) in [4.78, 5) is 53.3. The molecule has 0 saturated carbocycles. The Kier molecular flexibility index (Phi) is 12.6. The first-order valence-corrected chi connectivity index (χ1v) is 18.7. The van der Waals surface area contributed by atoms with Crippen LogP contribution in [0.25, 0.3) is 11.2 Å². The van der Waals surface area contributed by atoms with Gasteiger partial charge in [-0.1, -0.05) is 30.0 Å². The molecule has 1 unspecified atom stereocenters. The average Bonchev–Trinajstić information content (AvgIpc) is 3.51. The predicted molar refractivity (Wildman–Crippen MR) is 163 cm³/mol. The molecule has 47 heavy (non-hydrogen) atoms. The lowest BCUT2D eigenvalue weighted by molar-refractivity contribution is -0.129. The molecule has 0 spiro atoms. The molecule has 0 radical (unpaired) electrons. The Morgan fingerprint density at radius 1 is 1.15 bits per heavy atom. The van der Waals surface area contributed by atoms with Crippen molar-refractivity contribution in [1.29, 1.82) is 0 Å². The number of aliphatic hydroxyl groups excluding tert-OH is 1. The zero-order valence-electron chi connectivity index (χ0n) is 24.1. The van der Waals surface area contributed by atoms with Gasteiger partial charge in [-0.3, -0.25) is 14.4 Å². The number of alkyl halides is 3. The van der Waals surface area contributed by atoms with E-state index in [4.69, 9.17) is 19.3 Å². The van der Waals surface area contributed by atoms with E-state index in [1.807, 2.05) is 6.26 Å². The van der Waals surface area contributed by atoms with Crippen LogP contribution in [0, 0.1) is 0 Å². The van der Waals surface area contributed by atoms with Gasteiger partial charge < -0.3 is 34.6 Å². The van der Waals surface area contributed by atoms with Crippen LogP contribution in [0.4, 0.5) is 29.5 Å². The van der Waals surface area contributed by atoms with Crippen LogP contribution >= 0.6 is 39.2 Å². The molecule has 1 saturated heterocycles. The molecule has 0 aliphatic carbocycles. The molecule has 17 nitrogen and oxygen atoms in total. The van der Waals surface area contributed by atoms with Gasteiger partial charge in [-0.15, -0.1) is 0 Å². The topological polar surface area (TPSA) is 237 Å². The fraction of sp³-hybridized carbons (Fsp3) is 0.478. The average molecular weight is 749 g/mol. The maximum absolute atomic E-state index is 12.8. The van der Waals surface area contributed by atoms with Gasteiger partial charge in [0, 0.05) is 23.7 Å². The third-order valence-corrected chi connectivity index (χ3v) is 9.69. The number of aliphatic hydroxyl groups is 1. The highest BCUT2D eigenvalue weighted by Crippen LogP contribution is 2.57. The minimum absolute atomic E-state index is 0.00894. The molecular formula is C23H29F3N6O11P2S2. The second-order valence-corrected chi connectivity index (χ2v) is 14.4. The smallest absolute Gasteiger partial charge is 0.438 e. The van der Waals surface area contributed by atoms with Gasteiger partial charge in [-0.05, 0) is 18.4 Å². The second kappa shape index (κ2) is 15.8. The van der Waals surface area contributed by atoms with Gasteiger partial charge in [0.1, 0.15) is 12.2 Å². The Morgan fingerprint density at radius 2 is 1.87 bits per heavy atom. The number of phosphoric ester groups is 1. The van der Waals surface area contributed by atoms with Crippen molar-refractivity contribution >= 4 is 67.9 Å². The van der Waals surface area contributed by atoms with Gasteiger partial charge in [-0.2, -0.15) is 29.2 Å². The normalized spacial score (nSPS) is 21.4. The SMILES string of the molecule is CSCCNc1nc(SCCC(F)(F)F)nc2c1ncn2[C@@H]1O[C@H](COP(=O)(O)OP(=O)(O)O)[C@@H](O)[C@H]1OC(=O)Nc1ccccc1. The van der Waals surface area contributed by atoms with Crippen molar-refractivity contribution in [2.75, 3.05) is 41.5 Å². The highest BCUT2D eigenvalue weighted by atomic mass is 32.2. The quantitative estimate of drug-likeness (QED) is 0.0562. The van der Waals surface area contributed by atoms with Crippen molar-refractivity contribution in [1.82, 2.24) is 19.5 Å². The number of rotatable bonds is 15. The van der Waals surface area contributed by atoms with Crippen molar-refractivity contribution < 1.29 is 65.2 Å². The summed E-state index contributed by atoms with van der Waals surface area (Å²) in [6.07, 6.45) is -9.90. The third-order valence-electron chi connectivity index (χ3n) is 6.08. The number of para-hydroxylation sites is 1. The van der Waals surface area contributed by atoms with Crippen LogP contribution in [0.2, 0.25) is 0 Å². The molecule has 3 heterocycles. The van der Waals surface area contributed by atoms with Gasteiger partial charge in [0.2, 0.25) is 0 Å². The third kappa shape index (κ3) is 11.0. The molecule has 24 heteroatoms. The number of nitrogens with one attached hydrogen (secondary N) is 2. The molecule has 1 aliphatic rings. The lowest BCUT2D eigenvalue weighted by atomic mass is 10.1. The maximum atomic E-state index is 12.8. The van der Waals surface area contributed by atoms with E-state index >= 15 is 0 Å². The molecule has 4 rings (SSSR count). The van der Waals surface area contributed by atoms with Gasteiger partial charge >= 0.3 is 27.9 Å². The number of hydrogen-bond donors (Lipinski definition) is 6. The van der Waals surface area contributed by atoms with Gasteiger partial charge in [-0.25, -0.2) is 28.9 Å². The number of hydrogen-bond acceptors (Lipinski definition) is 14. The number of carbonyl (C=O) groups is 1. The Labute approximate surface area is 272 Å². The summed E-state index contributed by atoms with van der Waals surface area (Å²) < 4.78 is 82.5. The highest BCUT2D eigenvalue weighted by molar-refractivity contribution is 7.99. The summed E-state index contributed by atoms with van der Waals surface area (Å²) in [6, 6.07) is 8.09. The number of amides is 1. The molecule has 3 aromatic rings. The summed E-state index contributed by atoms with van der Waals surface area (Å²) in [5.41, 5.74) is 0.501. The van der Waals surface area contributed by atoms with E-state index in [0.717, 1.165) is 11.8 Å². The number of phosphoric acid groups is 2. The first-order chi connectivity index (χ1) is 22.0. The Morgan fingerprint density at radius 3 is 2.53 bits per heavy atom. The van der Waals surface area contributed by atoms with E-state index in [-0.39, 0.29) is 22.1 Å². The van der Waals surface area contributed by atoms with Gasteiger partial charge in [0.05, 0.1) is 19.4 Å². The Hall–Kier alpha value is -2.49. The zero-order chi connectivity index (χ0) is 34.4. The highest BCUT2D eigenvalue weighted by Gasteiger charge is 2.49. The van der Waals surface area contributed by atoms with Crippen molar-refractivity contribution in [2.24, 2.45) is 0 Å². The molecule has 0 bridgehead atoms. The summed E-state index contributed by atoms with van der Waals surface area (Å²) >= 11 is 2.25. The number of anilines is 2. The molecule has 5 atom stereocenters. The number of benzene rings is 1. The molecule has 1 amide bonds. The first kappa shape index (κ1) is 37.3. The van der Waals surface area contributed by atoms with Crippen LogP contribution in [0.1, 0.15) is 12.6 Å². The van der Waals surface area contributed by atoms with Gasteiger partial charge in [0.25, 0.3) is 0 Å². The number of imidazole rings is 1. The van der Waals surface area contributed by atoms with E-state index in [1.54, 1.807) is 30.3 Å². The van der Waals surface area contributed by atoms with Crippen molar-refractivity contribution in [3.05, 3.63) is 36.7 Å². The van der Waals surface area contributed by atoms with Crippen LogP contribution in [0.5, 0.6) is 0 Å². The molecule has 6 N–H and O–H groups in total. The number of fused-ring (bicyclic) bond motifs is 1. The van der Waals surface area contributed by atoms with Crippen LogP contribution in [-0.4, -0.2) is 101 Å². The van der Waals surface area contributed by atoms with Crippen molar-refractivity contribution in [3.63, 3.8) is 0 Å². The van der Waals surface area contributed by atoms with Crippen LogP contribution < -0.4 is 10.6 Å². The monoisotopic (exact) mass is 748 g/mol. The summed E-state index contributed by atoms with van der Waals surface area (Å²) in [5.74, 6) is 0.440. The Bertz CT molecular complexity index is 1620. The van der Waals surface area contributed by atoms with Crippen LogP contribution in [-0.2, 0) is 27.4 Å². The molecule has 2 aromatic heterocycles. The maximum Gasteiger partial charge on any atom is 0.481 e. The molecule has 260 valence electrons. The first-order valence-electron chi connectivity index (χ1n) is 13.3. The lowest BCUT2D eigenvalue weighted by Gasteiger charge is -2.22. The van der Waals surface area contributed by atoms with Gasteiger partial charge in [0.15, 0.2) is 34.5 Å². The molecule has 1 aromatic carbocycles. The minimum Gasteiger partial charge on any atom is -0.438 e. The summed E-state index contributed by atoms with van der Waals surface area (Å²) in [5, 5.41) is 16.6. The number of nitrogens with zero attached hydrogens (tertiary/aromatic N) is 4. The molecule has 1 aliphatic heterocycles. The van der Waals surface area contributed by atoms with Crippen LogP contribution in [0.3, 0.4) is 0 Å². The molecule has 1 fully saturated rings. The fourth-order valence-electron chi connectivity index (χ4n) is 4.13. The summed E-state index contributed by atoms with van der Waals surface area (Å²) in [6.45, 7) is -0.568. The number of aromatic nitrogens is 4. The van der Waals surface area contributed by atoms with E-state index in [1.165, 1.54) is 22.7 Å². The standard InChI is InChI=1S/C23H29F3N6O11P2S2/c1-46-10-8-27-18-15-19(31-21(30-18)47-9-7-23(24,25)26)32(12-28-15)20-17(42-22(34)29-13-5-3-2-4-6-13)16(33)14(41-20)11-40-45(38,39)43-44(35,36)37/h2-6,12,14,16-17,20,33H,7-11H2,1H3,(H,29,34)(H,38,39)(H,27,30,31)(H2,35,36,37)/t14-,16-,17-,20-/m1/s1. The van der Waals surface area contributed by atoms with Crippen LogP contribution in [0.15, 0.2) is 41.8 Å². The van der Waals surface area contributed by atoms with E-state index in [9.17, 15) is 37.1 Å². The minimum atomic E-state index is -5.46. The second-order valence-electron chi connectivity index (χ2n) is 9.57. The van der Waals surface area contributed by atoms with E-state index in [2.05, 4.69) is 34.4 Å². The van der Waals surface area contributed by atoms with E-state index in [0.29, 0.717) is 18.0 Å². The summed E-state index contributed by atoms with van der Waals surface area (Å²) in [7, 11) is -10.8. The lowest BCUT2D eigenvalue weighted by Crippen LogP contribution is -2.38. The molecular weight excluding hydrogens is 719 g/mol.